The number of rotatable bonds is 6. The number of nitrogens with one attached hydrogen (secondary N) is 2. The van der Waals surface area contributed by atoms with Gasteiger partial charge in [-0.15, -0.1) is 24.0 Å². The summed E-state index contributed by atoms with van der Waals surface area (Å²) in [5.41, 5.74) is 9.90. The van der Waals surface area contributed by atoms with Crippen LogP contribution in [0.1, 0.15) is 25.0 Å². The number of aryl methyl sites for hydroxylation is 2. The van der Waals surface area contributed by atoms with Gasteiger partial charge in [-0.25, -0.2) is 4.99 Å². The van der Waals surface area contributed by atoms with Gasteiger partial charge < -0.3 is 16.4 Å². The van der Waals surface area contributed by atoms with Gasteiger partial charge in [0.2, 0.25) is 5.91 Å². The predicted molar refractivity (Wildman–Crippen MR) is 114 cm³/mol. The number of hydrogen-bond donors (Lipinski definition) is 3. The van der Waals surface area contributed by atoms with E-state index in [0.29, 0.717) is 5.69 Å². The molecule has 7 heteroatoms. The lowest BCUT2D eigenvalue weighted by molar-refractivity contribution is -0.114. The van der Waals surface area contributed by atoms with Crippen molar-refractivity contribution in [1.29, 1.82) is 0 Å². The number of carbonyl (C=O) groups is 1. The fraction of sp³-hybridized carbons (Fsp3) is 0.278. The van der Waals surface area contributed by atoms with Gasteiger partial charge in [-0.05, 0) is 36.1 Å². The van der Waals surface area contributed by atoms with E-state index in [-0.39, 0.29) is 42.4 Å². The Morgan fingerprint density at radius 3 is 2.36 bits per heavy atom. The number of anilines is 2. The van der Waals surface area contributed by atoms with Crippen molar-refractivity contribution < 1.29 is 4.79 Å². The van der Waals surface area contributed by atoms with E-state index < -0.39 is 0 Å². The van der Waals surface area contributed by atoms with Gasteiger partial charge in [0.25, 0.3) is 0 Å². The van der Waals surface area contributed by atoms with E-state index in [9.17, 15) is 4.79 Å². The Bertz CT molecular complexity index is 696. The van der Waals surface area contributed by atoms with Crippen molar-refractivity contribution in [3.8, 4) is 0 Å². The fourth-order valence-corrected chi connectivity index (χ4v) is 2.36. The summed E-state index contributed by atoms with van der Waals surface area (Å²) in [6.45, 7) is 4.13. The molecule has 0 aliphatic carbocycles. The Morgan fingerprint density at radius 1 is 1.12 bits per heavy atom. The van der Waals surface area contributed by atoms with Crippen LogP contribution < -0.4 is 16.4 Å². The third-order valence-electron chi connectivity index (χ3n) is 3.59. The van der Waals surface area contributed by atoms with E-state index in [4.69, 9.17) is 5.73 Å². The van der Waals surface area contributed by atoms with E-state index in [0.717, 1.165) is 18.5 Å². The molecule has 0 unspecified atom stereocenters. The molecule has 0 bridgehead atoms. The summed E-state index contributed by atoms with van der Waals surface area (Å²) in [4.78, 5) is 19.9. The maximum absolute atomic E-state index is 11.9. The summed E-state index contributed by atoms with van der Waals surface area (Å²) < 4.78 is 0. The molecular formula is C18H24IN5O. The Balaban J connectivity index is 0.00000312. The molecule has 0 atom stereocenters. The van der Waals surface area contributed by atoms with E-state index in [1.165, 1.54) is 11.1 Å². The van der Waals surface area contributed by atoms with Gasteiger partial charge in [-0.1, -0.05) is 32.0 Å². The smallest absolute Gasteiger partial charge is 0.246 e. The molecule has 4 N–H and O–H groups in total. The topological polar surface area (TPSA) is 92.4 Å². The molecule has 0 aliphatic rings. The second kappa shape index (κ2) is 10.7. The number of nitrogens with zero attached hydrogens (tertiary/aromatic N) is 2. The number of pyridine rings is 1. The average Bonchev–Trinajstić information content (AvgIpc) is 2.61. The number of para-hydroxylation sites is 1. The maximum atomic E-state index is 11.9. The minimum atomic E-state index is -0.243. The highest BCUT2D eigenvalue weighted by Crippen LogP contribution is 2.22. The Morgan fingerprint density at radius 2 is 1.80 bits per heavy atom. The quantitative estimate of drug-likeness (QED) is 0.356. The molecule has 1 heterocycles. The van der Waals surface area contributed by atoms with Crippen LogP contribution in [0.3, 0.4) is 0 Å². The molecule has 134 valence electrons. The standard InChI is InChI=1S/C18H23N5O.HI/c1-3-13-7-5-8-14(4-2)17(13)23-18(19)21-12-16(24)22-15-9-6-10-20-11-15;/h5-11H,3-4,12H2,1-2H3,(H,22,24)(H3,19,21,23);1H. The van der Waals surface area contributed by atoms with E-state index in [2.05, 4.69) is 46.6 Å². The first-order chi connectivity index (χ1) is 11.6. The first-order valence-electron chi connectivity index (χ1n) is 8.01. The van der Waals surface area contributed by atoms with Crippen LogP contribution in [0, 0.1) is 0 Å². The third-order valence-corrected chi connectivity index (χ3v) is 3.59. The van der Waals surface area contributed by atoms with Gasteiger partial charge in [-0.2, -0.15) is 0 Å². The number of amides is 1. The SMILES string of the molecule is CCc1cccc(CC)c1NC(N)=NCC(=O)Nc1cccnc1.I. The molecule has 0 spiro atoms. The van der Waals surface area contributed by atoms with E-state index >= 15 is 0 Å². The number of aliphatic imine (C=N–C) groups is 1. The molecule has 2 rings (SSSR count). The monoisotopic (exact) mass is 453 g/mol. The van der Waals surface area contributed by atoms with Crippen molar-refractivity contribution in [2.75, 3.05) is 17.2 Å². The average molecular weight is 453 g/mol. The number of benzene rings is 1. The molecule has 0 saturated carbocycles. The molecule has 6 nitrogen and oxygen atoms in total. The molecule has 1 aromatic carbocycles. The highest BCUT2D eigenvalue weighted by molar-refractivity contribution is 14.0. The van der Waals surface area contributed by atoms with Crippen molar-refractivity contribution in [2.45, 2.75) is 26.7 Å². The third kappa shape index (κ3) is 6.33. The number of halogens is 1. The number of aromatic nitrogens is 1. The zero-order valence-corrected chi connectivity index (χ0v) is 16.8. The van der Waals surface area contributed by atoms with E-state index in [1.807, 2.05) is 6.07 Å². The van der Waals surface area contributed by atoms with Crippen LogP contribution in [0.2, 0.25) is 0 Å². The van der Waals surface area contributed by atoms with Crippen molar-refractivity contribution >= 4 is 47.2 Å². The van der Waals surface area contributed by atoms with Gasteiger partial charge >= 0.3 is 0 Å². The van der Waals surface area contributed by atoms with Gasteiger partial charge in [0.05, 0.1) is 11.9 Å². The Hall–Kier alpha value is -2.16. The lowest BCUT2D eigenvalue weighted by Crippen LogP contribution is -2.26. The molecule has 0 fully saturated rings. The number of guanidine groups is 1. The van der Waals surface area contributed by atoms with Crippen LogP contribution in [-0.2, 0) is 17.6 Å². The normalized spacial score (nSPS) is 10.7. The van der Waals surface area contributed by atoms with Gasteiger partial charge in [-0.3, -0.25) is 9.78 Å². The highest BCUT2D eigenvalue weighted by atomic mass is 127. The minimum absolute atomic E-state index is 0. The van der Waals surface area contributed by atoms with Crippen molar-refractivity contribution in [1.82, 2.24) is 4.98 Å². The van der Waals surface area contributed by atoms with Gasteiger partial charge in [0, 0.05) is 11.9 Å². The largest absolute Gasteiger partial charge is 0.370 e. The zero-order chi connectivity index (χ0) is 17.4. The first-order valence-corrected chi connectivity index (χ1v) is 8.01. The molecule has 1 aromatic heterocycles. The number of hydrogen-bond acceptors (Lipinski definition) is 3. The molecule has 25 heavy (non-hydrogen) atoms. The summed E-state index contributed by atoms with van der Waals surface area (Å²) >= 11 is 0. The summed E-state index contributed by atoms with van der Waals surface area (Å²) in [7, 11) is 0. The molecule has 0 aliphatic heterocycles. The molecule has 0 radical (unpaired) electrons. The lowest BCUT2D eigenvalue weighted by Gasteiger charge is -2.14. The Labute approximate surface area is 165 Å². The van der Waals surface area contributed by atoms with Gasteiger partial charge in [0.15, 0.2) is 5.96 Å². The van der Waals surface area contributed by atoms with Crippen molar-refractivity contribution in [3.63, 3.8) is 0 Å². The highest BCUT2D eigenvalue weighted by Gasteiger charge is 2.07. The first kappa shape index (κ1) is 20.9. The van der Waals surface area contributed by atoms with E-state index in [1.54, 1.807) is 24.5 Å². The van der Waals surface area contributed by atoms with Crippen LogP contribution in [0.5, 0.6) is 0 Å². The van der Waals surface area contributed by atoms with Crippen molar-refractivity contribution in [3.05, 3.63) is 53.9 Å². The summed E-state index contributed by atoms with van der Waals surface area (Å²) in [6.07, 6.45) is 5.01. The summed E-state index contributed by atoms with van der Waals surface area (Å²) in [5.74, 6) is -0.0146. The predicted octanol–water partition coefficient (Wildman–Crippen LogP) is 3.19. The van der Waals surface area contributed by atoms with Crippen LogP contribution in [0.15, 0.2) is 47.7 Å². The maximum Gasteiger partial charge on any atom is 0.246 e. The molecule has 0 saturated heterocycles. The van der Waals surface area contributed by atoms with Crippen LogP contribution in [-0.4, -0.2) is 23.4 Å². The lowest BCUT2D eigenvalue weighted by atomic mass is 10.0. The van der Waals surface area contributed by atoms with Crippen LogP contribution in [0.4, 0.5) is 11.4 Å². The second-order valence-electron chi connectivity index (χ2n) is 5.27. The molecule has 1 amide bonds. The number of nitrogens with two attached hydrogens (primary N) is 1. The number of carbonyl (C=O) groups excluding carboxylic acids is 1. The molecule has 2 aromatic rings. The zero-order valence-electron chi connectivity index (χ0n) is 14.5. The fourth-order valence-electron chi connectivity index (χ4n) is 2.36. The summed E-state index contributed by atoms with van der Waals surface area (Å²) in [6, 6.07) is 9.68. The minimum Gasteiger partial charge on any atom is -0.370 e. The van der Waals surface area contributed by atoms with Gasteiger partial charge in [0.1, 0.15) is 6.54 Å². The van der Waals surface area contributed by atoms with Crippen LogP contribution >= 0.6 is 24.0 Å². The second-order valence-corrected chi connectivity index (χ2v) is 5.27. The Kier molecular flexibility index (Phi) is 8.90. The molecular weight excluding hydrogens is 429 g/mol. The van der Waals surface area contributed by atoms with Crippen molar-refractivity contribution in [2.24, 2.45) is 10.7 Å². The van der Waals surface area contributed by atoms with Crippen LogP contribution in [0.25, 0.3) is 0 Å². The summed E-state index contributed by atoms with van der Waals surface area (Å²) in [5, 5.41) is 5.85.